The van der Waals surface area contributed by atoms with E-state index in [0.717, 1.165) is 28.4 Å². The molecule has 0 saturated heterocycles. The Morgan fingerprint density at radius 1 is 1.09 bits per heavy atom. The molecule has 1 aromatic heterocycles. The first-order valence-electron chi connectivity index (χ1n) is 7.74. The van der Waals surface area contributed by atoms with Crippen LogP contribution in [0.3, 0.4) is 0 Å². The van der Waals surface area contributed by atoms with Crippen molar-refractivity contribution in [1.82, 2.24) is 5.32 Å². The monoisotopic (exact) mass is 315 g/mol. The van der Waals surface area contributed by atoms with Crippen LogP contribution in [0, 0.1) is 20.8 Å². The second-order valence-electron chi connectivity index (χ2n) is 5.81. The van der Waals surface area contributed by atoms with Crippen LogP contribution >= 0.6 is 0 Å². The van der Waals surface area contributed by atoms with Gasteiger partial charge in [-0.3, -0.25) is 4.79 Å². The molecule has 122 valence electrons. The van der Waals surface area contributed by atoms with Gasteiger partial charge in [0.2, 0.25) is 0 Å². The van der Waals surface area contributed by atoms with Gasteiger partial charge in [0.05, 0.1) is 11.6 Å². The molecule has 2 aromatic rings. The third kappa shape index (κ3) is 2.91. The fourth-order valence-corrected chi connectivity index (χ4v) is 2.81. The number of furan rings is 1. The summed E-state index contributed by atoms with van der Waals surface area (Å²) in [7, 11) is 0. The molecule has 3 rings (SSSR count). The van der Waals surface area contributed by atoms with E-state index in [1.807, 2.05) is 45.9 Å². The minimum atomic E-state index is -0.146. The molecule has 0 bridgehead atoms. The van der Waals surface area contributed by atoms with Gasteiger partial charge in [-0.15, -0.1) is 0 Å². The zero-order valence-corrected chi connectivity index (χ0v) is 13.9. The highest BCUT2D eigenvalue weighted by atomic mass is 16.6. The summed E-state index contributed by atoms with van der Waals surface area (Å²) in [5.41, 5.74) is 2.47. The van der Waals surface area contributed by atoms with Crippen LogP contribution in [0.2, 0.25) is 0 Å². The van der Waals surface area contributed by atoms with Crippen LogP contribution < -0.4 is 14.8 Å². The van der Waals surface area contributed by atoms with Crippen molar-refractivity contribution in [3.05, 3.63) is 46.4 Å². The Morgan fingerprint density at radius 2 is 1.78 bits per heavy atom. The van der Waals surface area contributed by atoms with Gasteiger partial charge in [0, 0.05) is 5.56 Å². The Balaban J connectivity index is 1.78. The molecule has 5 nitrogen and oxygen atoms in total. The van der Waals surface area contributed by atoms with Crippen molar-refractivity contribution in [3.63, 3.8) is 0 Å². The van der Waals surface area contributed by atoms with Crippen molar-refractivity contribution in [2.45, 2.75) is 33.7 Å². The standard InChI is InChI=1S/C18H21NO4/c1-10-12(3)23-13(4)17(10)18(20)19-11(2)14-5-6-15-16(9-14)22-8-7-21-15/h5-6,9,11H,7-8H2,1-4H3,(H,19,20). The van der Waals surface area contributed by atoms with Gasteiger partial charge in [0.1, 0.15) is 24.7 Å². The fraction of sp³-hybridized carbons (Fsp3) is 0.389. The minimum absolute atomic E-state index is 0.126. The van der Waals surface area contributed by atoms with Gasteiger partial charge in [0.25, 0.3) is 5.91 Å². The molecule has 0 radical (unpaired) electrons. The molecular formula is C18H21NO4. The van der Waals surface area contributed by atoms with E-state index in [9.17, 15) is 4.79 Å². The highest BCUT2D eigenvalue weighted by molar-refractivity contribution is 5.97. The lowest BCUT2D eigenvalue weighted by molar-refractivity contribution is 0.0937. The van der Waals surface area contributed by atoms with Gasteiger partial charge < -0.3 is 19.2 Å². The Labute approximate surface area is 135 Å². The summed E-state index contributed by atoms with van der Waals surface area (Å²) in [6, 6.07) is 5.59. The maximum atomic E-state index is 12.5. The molecule has 23 heavy (non-hydrogen) atoms. The van der Waals surface area contributed by atoms with E-state index in [1.165, 1.54) is 0 Å². The summed E-state index contributed by atoms with van der Waals surface area (Å²) in [6.45, 7) is 8.63. The SMILES string of the molecule is Cc1oc(C)c(C(=O)NC(C)c2ccc3c(c2)OCCO3)c1C. The van der Waals surface area contributed by atoms with Gasteiger partial charge in [-0.2, -0.15) is 0 Å². The lowest BCUT2D eigenvalue weighted by Crippen LogP contribution is -2.27. The van der Waals surface area contributed by atoms with Crippen LogP contribution in [-0.2, 0) is 0 Å². The molecule has 1 N–H and O–H groups in total. The molecule has 1 amide bonds. The average Bonchev–Trinajstić information content (AvgIpc) is 2.79. The van der Waals surface area contributed by atoms with Crippen molar-refractivity contribution in [3.8, 4) is 11.5 Å². The van der Waals surface area contributed by atoms with Crippen molar-refractivity contribution in [2.24, 2.45) is 0 Å². The maximum Gasteiger partial charge on any atom is 0.255 e. The number of hydrogen-bond acceptors (Lipinski definition) is 4. The van der Waals surface area contributed by atoms with Crippen LogP contribution in [0.5, 0.6) is 11.5 Å². The summed E-state index contributed by atoms with van der Waals surface area (Å²) in [6.07, 6.45) is 0. The third-order valence-corrected chi connectivity index (χ3v) is 4.20. The Kier molecular flexibility index (Phi) is 4.03. The smallest absolute Gasteiger partial charge is 0.255 e. The number of rotatable bonds is 3. The highest BCUT2D eigenvalue weighted by Crippen LogP contribution is 2.32. The molecule has 0 saturated carbocycles. The van der Waals surface area contributed by atoms with Crippen molar-refractivity contribution in [1.29, 1.82) is 0 Å². The van der Waals surface area contributed by atoms with Crippen LogP contribution in [-0.4, -0.2) is 19.1 Å². The molecule has 5 heteroatoms. The predicted molar refractivity (Wildman–Crippen MR) is 86.2 cm³/mol. The summed E-state index contributed by atoms with van der Waals surface area (Å²) in [5.74, 6) is 2.77. The number of amides is 1. The number of fused-ring (bicyclic) bond motifs is 1. The Hall–Kier alpha value is -2.43. The molecule has 1 aromatic carbocycles. The molecular weight excluding hydrogens is 294 g/mol. The van der Waals surface area contributed by atoms with Crippen LogP contribution in [0.1, 0.15) is 46.0 Å². The van der Waals surface area contributed by atoms with E-state index in [4.69, 9.17) is 13.9 Å². The van der Waals surface area contributed by atoms with E-state index in [0.29, 0.717) is 24.5 Å². The van der Waals surface area contributed by atoms with Gasteiger partial charge in [-0.25, -0.2) is 0 Å². The quantitative estimate of drug-likeness (QED) is 0.942. The normalized spacial score (nSPS) is 14.4. The van der Waals surface area contributed by atoms with E-state index in [-0.39, 0.29) is 11.9 Å². The molecule has 0 aliphatic carbocycles. The van der Waals surface area contributed by atoms with Gasteiger partial charge in [-0.05, 0) is 45.4 Å². The van der Waals surface area contributed by atoms with Crippen LogP contribution in [0.25, 0.3) is 0 Å². The summed E-state index contributed by atoms with van der Waals surface area (Å²) in [5, 5.41) is 3.02. The number of benzene rings is 1. The molecule has 1 unspecified atom stereocenters. The average molecular weight is 315 g/mol. The lowest BCUT2D eigenvalue weighted by atomic mass is 10.1. The third-order valence-electron chi connectivity index (χ3n) is 4.20. The molecule has 0 spiro atoms. The molecule has 1 atom stereocenters. The number of ether oxygens (including phenoxy) is 2. The molecule has 1 aliphatic heterocycles. The summed E-state index contributed by atoms with van der Waals surface area (Å²) in [4.78, 5) is 12.5. The second-order valence-corrected chi connectivity index (χ2v) is 5.81. The maximum absolute atomic E-state index is 12.5. The first-order chi connectivity index (χ1) is 11.0. The second kappa shape index (κ2) is 5.99. The predicted octanol–water partition coefficient (Wildman–Crippen LogP) is 3.47. The zero-order valence-electron chi connectivity index (χ0n) is 13.9. The summed E-state index contributed by atoms with van der Waals surface area (Å²) >= 11 is 0. The van der Waals surface area contributed by atoms with Crippen molar-refractivity contribution in [2.75, 3.05) is 13.2 Å². The van der Waals surface area contributed by atoms with E-state index in [2.05, 4.69) is 5.32 Å². The molecule has 1 aliphatic rings. The van der Waals surface area contributed by atoms with Crippen LogP contribution in [0.15, 0.2) is 22.6 Å². The minimum Gasteiger partial charge on any atom is -0.486 e. The Bertz CT molecular complexity index is 748. The van der Waals surface area contributed by atoms with Gasteiger partial charge in [0.15, 0.2) is 11.5 Å². The topological polar surface area (TPSA) is 60.7 Å². The van der Waals surface area contributed by atoms with Crippen molar-refractivity contribution >= 4 is 5.91 Å². The number of carbonyl (C=O) groups excluding carboxylic acids is 1. The van der Waals surface area contributed by atoms with E-state index in [1.54, 1.807) is 0 Å². The largest absolute Gasteiger partial charge is 0.486 e. The first-order valence-corrected chi connectivity index (χ1v) is 7.74. The molecule has 0 fully saturated rings. The van der Waals surface area contributed by atoms with Gasteiger partial charge in [-0.1, -0.05) is 6.07 Å². The molecule has 2 heterocycles. The number of carbonyl (C=O) groups is 1. The first kappa shape index (κ1) is 15.5. The Morgan fingerprint density at radius 3 is 2.43 bits per heavy atom. The summed E-state index contributed by atoms with van der Waals surface area (Å²) < 4.78 is 16.6. The fourth-order valence-electron chi connectivity index (χ4n) is 2.81. The zero-order chi connectivity index (χ0) is 16.6. The van der Waals surface area contributed by atoms with E-state index >= 15 is 0 Å². The highest BCUT2D eigenvalue weighted by Gasteiger charge is 2.21. The van der Waals surface area contributed by atoms with Gasteiger partial charge >= 0.3 is 0 Å². The van der Waals surface area contributed by atoms with Crippen molar-refractivity contribution < 1.29 is 18.7 Å². The lowest BCUT2D eigenvalue weighted by Gasteiger charge is -2.21. The number of hydrogen-bond donors (Lipinski definition) is 1. The van der Waals surface area contributed by atoms with E-state index < -0.39 is 0 Å². The number of aryl methyl sites for hydroxylation is 2. The number of nitrogens with one attached hydrogen (secondary N) is 1. The van der Waals surface area contributed by atoms with Crippen LogP contribution in [0.4, 0.5) is 0 Å².